The molecule has 10 aromatic rings. The first-order valence-electron chi connectivity index (χ1n) is 23.2. The van der Waals surface area contributed by atoms with E-state index in [1.165, 1.54) is 44.2 Å². The molecule has 0 atom stereocenters. The topological polar surface area (TPSA) is 45.8 Å². The van der Waals surface area contributed by atoms with Gasteiger partial charge in [-0.25, -0.2) is 9.98 Å². The van der Waals surface area contributed by atoms with Gasteiger partial charge in [0.2, 0.25) is 0 Å². The molecular weight excluding hydrogens is 827 g/mol. The number of anilines is 1. The van der Waals surface area contributed by atoms with Crippen molar-refractivity contribution in [3.05, 3.63) is 246 Å². The Balaban J connectivity index is 0.937. The minimum atomic E-state index is 0.631. The average molecular weight is 876 g/mol. The SMILES string of the molecule is C=Nc1ccccc1N1Cc2cc(-c3ccc4ccccc4c3)ccc2N=C1c1cccc(-c2cccc(Cn3c(-c4cc(-c5ccc(/C=C\C=C/C)cc5)ccc4C)nc4ccccc43)c2)c1. The maximum atomic E-state index is 5.42. The molecule has 1 aromatic heterocycles. The Bertz CT molecular complexity index is 3620. The van der Waals surface area contributed by atoms with Gasteiger partial charge in [-0.2, -0.15) is 0 Å². The van der Waals surface area contributed by atoms with E-state index in [0.717, 1.165) is 73.1 Å². The number of imidazole rings is 1. The van der Waals surface area contributed by atoms with E-state index in [-0.39, 0.29) is 0 Å². The van der Waals surface area contributed by atoms with Crippen LogP contribution in [0, 0.1) is 6.92 Å². The molecule has 0 spiro atoms. The second-order valence-electron chi connectivity index (χ2n) is 17.4. The summed E-state index contributed by atoms with van der Waals surface area (Å²) < 4.78 is 2.37. The molecular formula is C63H49N5. The van der Waals surface area contributed by atoms with Gasteiger partial charge in [0.15, 0.2) is 0 Å². The standard InChI is InChI=1S/C63H49N5/c1-4-5-6-15-44-27-30-47(31-28-44)53-29-26-43(2)56(40-53)63-66-59-23-10-12-25-61(59)67(63)41-45-16-13-19-48(36-45)50-20-14-21-54(38-50)62-65-57-35-34-52(51-33-32-46-17-7-8-18-49(46)37-51)39-55(57)42-68(62)60-24-11-9-22-58(60)64-3/h4-40H,3,41-42H2,1-2H3/b5-4-,15-6-. The van der Waals surface area contributed by atoms with Gasteiger partial charge in [-0.05, 0) is 148 Å². The molecule has 5 nitrogen and oxygen atoms in total. The Morgan fingerprint density at radius 2 is 1.28 bits per heavy atom. The number of aliphatic imine (C=N–C) groups is 2. The number of amidine groups is 1. The minimum Gasteiger partial charge on any atom is -0.319 e. The number of benzene rings is 9. The first-order valence-corrected chi connectivity index (χ1v) is 23.2. The number of rotatable bonds is 11. The summed E-state index contributed by atoms with van der Waals surface area (Å²) in [6, 6.07) is 71.6. The third-order valence-electron chi connectivity index (χ3n) is 13.0. The summed E-state index contributed by atoms with van der Waals surface area (Å²) in [6.07, 6.45) is 8.28. The van der Waals surface area contributed by atoms with E-state index < -0.39 is 0 Å². The molecule has 9 aromatic carbocycles. The Kier molecular flexibility index (Phi) is 11.3. The highest BCUT2D eigenvalue weighted by atomic mass is 15.2. The zero-order chi connectivity index (χ0) is 46.0. The molecule has 0 aliphatic carbocycles. The third kappa shape index (κ3) is 8.27. The molecule has 0 saturated carbocycles. The van der Waals surface area contributed by atoms with E-state index in [0.29, 0.717) is 13.1 Å². The lowest BCUT2D eigenvalue weighted by atomic mass is 9.97. The van der Waals surface area contributed by atoms with Crippen molar-refractivity contribution in [2.24, 2.45) is 9.98 Å². The summed E-state index contributed by atoms with van der Waals surface area (Å²) in [5.74, 6) is 1.83. The maximum Gasteiger partial charge on any atom is 0.141 e. The van der Waals surface area contributed by atoms with Gasteiger partial charge in [0.1, 0.15) is 11.7 Å². The van der Waals surface area contributed by atoms with Crippen molar-refractivity contribution >= 4 is 57.5 Å². The number of aromatic nitrogens is 2. The number of allylic oxidation sites excluding steroid dienone is 3. The smallest absolute Gasteiger partial charge is 0.141 e. The number of aryl methyl sites for hydroxylation is 1. The van der Waals surface area contributed by atoms with Gasteiger partial charge in [0.25, 0.3) is 0 Å². The largest absolute Gasteiger partial charge is 0.319 e. The van der Waals surface area contributed by atoms with Crippen LogP contribution in [0.4, 0.5) is 17.1 Å². The Labute approximate surface area is 398 Å². The molecule has 0 unspecified atom stereocenters. The summed E-state index contributed by atoms with van der Waals surface area (Å²) in [5.41, 5.74) is 18.6. The molecule has 2 heterocycles. The van der Waals surface area contributed by atoms with E-state index in [4.69, 9.17) is 9.98 Å². The molecule has 0 amide bonds. The van der Waals surface area contributed by atoms with Crippen molar-refractivity contribution in [3.8, 4) is 44.8 Å². The lowest BCUT2D eigenvalue weighted by molar-refractivity contribution is 0.834. The van der Waals surface area contributed by atoms with E-state index in [9.17, 15) is 0 Å². The van der Waals surface area contributed by atoms with E-state index in [1.807, 2.05) is 31.2 Å². The van der Waals surface area contributed by atoms with Crippen LogP contribution in [0.2, 0.25) is 0 Å². The normalized spacial score (nSPS) is 12.6. The number of hydrogen-bond donors (Lipinski definition) is 0. The quantitative estimate of drug-likeness (QED) is 0.0960. The predicted molar refractivity (Wildman–Crippen MR) is 288 cm³/mol. The van der Waals surface area contributed by atoms with Gasteiger partial charge in [-0.15, -0.1) is 0 Å². The molecule has 0 saturated heterocycles. The van der Waals surface area contributed by atoms with Crippen molar-refractivity contribution in [2.45, 2.75) is 26.9 Å². The lowest BCUT2D eigenvalue weighted by Gasteiger charge is -2.32. The highest BCUT2D eigenvalue weighted by molar-refractivity contribution is 6.14. The van der Waals surface area contributed by atoms with Crippen LogP contribution < -0.4 is 4.90 Å². The summed E-state index contributed by atoms with van der Waals surface area (Å²) in [6.45, 7) is 9.44. The van der Waals surface area contributed by atoms with Gasteiger partial charge in [-0.1, -0.05) is 164 Å². The first-order chi connectivity index (χ1) is 33.5. The molecule has 11 rings (SSSR count). The highest BCUT2D eigenvalue weighted by Crippen LogP contribution is 2.39. The second kappa shape index (κ2) is 18.3. The Hall–Kier alpha value is -8.67. The van der Waals surface area contributed by atoms with E-state index in [1.54, 1.807) is 0 Å². The fourth-order valence-corrected chi connectivity index (χ4v) is 9.45. The average Bonchev–Trinajstić information content (AvgIpc) is 3.76. The monoisotopic (exact) mass is 875 g/mol. The van der Waals surface area contributed by atoms with Crippen molar-refractivity contribution in [2.75, 3.05) is 4.90 Å². The van der Waals surface area contributed by atoms with Crippen LogP contribution in [0.3, 0.4) is 0 Å². The van der Waals surface area contributed by atoms with Crippen LogP contribution in [0.25, 0.3) is 72.7 Å². The van der Waals surface area contributed by atoms with Crippen molar-refractivity contribution in [3.63, 3.8) is 0 Å². The highest BCUT2D eigenvalue weighted by Gasteiger charge is 2.25. The third-order valence-corrected chi connectivity index (χ3v) is 13.0. The first kappa shape index (κ1) is 42.0. The summed E-state index contributed by atoms with van der Waals surface area (Å²) in [5, 5.41) is 2.46. The van der Waals surface area contributed by atoms with Crippen molar-refractivity contribution < 1.29 is 0 Å². The molecule has 0 N–H and O–H groups in total. The van der Waals surface area contributed by atoms with Crippen LogP contribution in [0.1, 0.15) is 34.7 Å². The number of para-hydroxylation sites is 4. The minimum absolute atomic E-state index is 0.631. The molecule has 0 bridgehead atoms. The zero-order valence-electron chi connectivity index (χ0n) is 38.2. The summed E-state index contributed by atoms with van der Waals surface area (Å²) in [4.78, 5) is 17.4. The predicted octanol–water partition coefficient (Wildman–Crippen LogP) is 16.2. The van der Waals surface area contributed by atoms with Gasteiger partial charge in [0.05, 0.1) is 34.6 Å². The number of nitrogens with zero attached hydrogens (tertiary/aromatic N) is 5. The lowest BCUT2D eigenvalue weighted by Crippen LogP contribution is -2.33. The molecule has 0 fully saturated rings. The van der Waals surface area contributed by atoms with Gasteiger partial charge in [0, 0.05) is 17.7 Å². The van der Waals surface area contributed by atoms with Crippen molar-refractivity contribution in [1.29, 1.82) is 0 Å². The second-order valence-corrected chi connectivity index (χ2v) is 17.4. The Morgan fingerprint density at radius 3 is 2.15 bits per heavy atom. The van der Waals surface area contributed by atoms with Gasteiger partial charge in [-0.3, -0.25) is 4.99 Å². The number of fused-ring (bicyclic) bond motifs is 3. The molecule has 1 aliphatic heterocycles. The van der Waals surface area contributed by atoms with Crippen LogP contribution in [-0.2, 0) is 13.1 Å². The van der Waals surface area contributed by atoms with Crippen LogP contribution in [0.15, 0.2) is 228 Å². The van der Waals surface area contributed by atoms with E-state index in [2.05, 4.69) is 228 Å². The summed E-state index contributed by atoms with van der Waals surface area (Å²) in [7, 11) is 0. The van der Waals surface area contributed by atoms with E-state index >= 15 is 0 Å². The van der Waals surface area contributed by atoms with Crippen LogP contribution in [0.5, 0.6) is 0 Å². The Morgan fingerprint density at radius 1 is 0.588 bits per heavy atom. The van der Waals surface area contributed by atoms with Crippen LogP contribution >= 0.6 is 0 Å². The van der Waals surface area contributed by atoms with Gasteiger partial charge < -0.3 is 9.47 Å². The molecule has 68 heavy (non-hydrogen) atoms. The molecule has 326 valence electrons. The fraction of sp³-hybridized carbons (Fsp3) is 0.0635. The van der Waals surface area contributed by atoms with Crippen LogP contribution in [-0.4, -0.2) is 22.1 Å². The molecule has 5 heteroatoms. The molecule has 1 aliphatic rings. The molecule has 0 radical (unpaired) electrons. The zero-order valence-corrected chi connectivity index (χ0v) is 38.2. The fourth-order valence-electron chi connectivity index (χ4n) is 9.45. The van der Waals surface area contributed by atoms with Gasteiger partial charge >= 0.3 is 0 Å². The van der Waals surface area contributed by atoms with Crippen molar-refractivity contribution in [1.82, 2.24) is 9.55 Å². The maximum absolute atomic E-state index is 5.42. The number of hydrogen-bond acceptors (Lipinski definition) is 4. The summed E-state index contributed by atoms with van der Waals surface area (Å²) >= 11 is 0.